The molecule has 1 aliphatic rings. The molecule has 1 atom stereocenters. The molecule has 0 aromatic heterocycles. The van der Waals surface area contributed by atoms with Crippen LogP contribution in [0.3, 0.4) is 0 Å². The van der Waals surface area contributed by atoms with Gasteiger partial charge in [-0.15, -0.1) is 4.52 Å². The van der Waals surface area contributed by atoms with E-state index in [1.54, 1.807) is 7.05 Å². The van der Waals surface area contributed by atoms with Crippen LogP contribution in [0, 0.1) is 0 Å². The molecule has 0 aliphatic heterocycles. The van der Waals surface area contributed by atoms with E-state index < -0.39 is 15.2 Å². The Kier molecular flexibility index (Phi) is 8.52. The van der Waals surface area contributed by atoms with Gasteiger partial charge in [-0.2, -0.15) is 0 Å². The van der Waals surface area contributed by atoms with Crippen LogP contribution in [-0.4, -0.2) is 13.2 Å². The van der Waals surface area contributed by atoms with Gasteiger partial charge in [-0.05, 0) is 61.4 Å². The van der Waals surface area contributed by atoms with E-state index in [0.29, 0.717) is 29.2 Å². The van der Waals surface area contributed by atoms with E-state index in [1.165, 1.54) is 0 Å². The molecule has 182 valence electrons. The number of hydrogen-bond acceptors (Lipinski definition) is 5. The fraction of sp³-hybridized carbons (Fsp3) is 0.185. The molecule has 0 amide bonds. The van der Waals surface area contributed by atoms with Crippen molar-refractivity contribution in [3.63, 3.8) is 0 Å². The van der Waals surface area contributed by atoms with Crippen molar-refractivity contribution in [2.75, 3.05) is 13.2 Å². The SMILES string of the molecule is CCP(=NP(=NC)(OC1=CCCC=C1)Oc1ccccc1)(Oc1ccccc1)Oc1ccccc1. The third-order valence-electron chi connectivity index (χ3n) is 5.04. The van der Waals surface area contributed by atoms with Gasteiger partial charge in [0.05, 0.1) is 6.16 Å². The Hall–Kier alpha value is -3.20. The molecule has 3 aromatic carbocycles. The zero-order chi connectivity index (χ0) is 24.4. The summed E-state index contributed by atoms with van der Waals surface area (Å²) >= 11 is 0. The summed E-state index contributed by atoms with van der Waals surface area (Å²) < 4.78 is 35.7. The van der Waals surface area contributed by atoms with E-state index in [0.717, 1.165) is 12.8 Å². The monoisotopic (exact) mass is 508 g/mol. The number of nitrogens with zero attached hydrogens (tertiary/aromatic N) is 2. The second-order valence-electron chi connectivity index (χ2n) is 7.62. The van der Waals surface area contributed by atoms with Crippen LogP contribution in [-0.2, 0) is 4.52 Å². The van der Waals surface area contributed by atoms with E-state index in [4.69, 9.17) is 22.6 Å². The third kappa shape index (κ3) is 6.91. The van der Waals surface area contributed by atoms with Gasteiger partial charge in [-0.3, -0.25) is 0 Å². The largest absolute Gasteiger partial charge is 0.448 e. The number of para-hydroxylation sites is 3. The lowest BCUT2D eigenvalue weighted by Crippen LogP contribution is -2.06. The van der Waals surface area contributed by atoms with Gasteiger partial charge in [-0.1, -0.05) is 67.6 Å². The molecule has 1 unspecified atom stereocenters. The van der Waals surface area contributed by atoms with Gasteiger partial charge < -0.3 is 18.1 Å². The predicted molar refractivity (Wildman–Crippen MR) is 144 cm³/mol. The van der Waals surface area contributed by atoms with Crippen molar-refractivity contribution in [1.82, 2.24) is 0 Å². The standard InChI is InChI=1S/C27H30N2O4P2/c1-3-34(30-24-16-8-4-9-17-24,31-25-18-10-5-11-19-25)29-35(28-2,32-26-20-12-6-13-21-26)33-27-22-14-7-15-23-27/h4-6,8-14,16-23H,3,7,15H2,1-2H3. The predicted octanol–water partition coefficient (Wildman–Crippen LogP) is 9.10. The first-order valence-electron chi connectivity index (χ1n) is 11.6. The molecule has 0 radical (unpaired) electrons. The highest BCUT2D eigenvalue weighted by Gasteiger charge is 2.34. The molecule has 6 nitrogen and oxygen atoms in total. The van der Waals surface area contributed by atoms with E-state index in [-0.39, 0.29) is 0 Å². The highest BCUT2D eigenvalue weighted by molar-refractivity contribution is 7.68. The van der Waals surface area contributed by atoms with E-state index in [9.17, 15) is 0 Å². The zero-order valence-corrected chi connectivity index (χ0v) is 21.7. The molecule has 3 aromatic rings. The van der Waals surface area contributed by atoms with Crippen LogP contribution in [0.1, 0.15) is 19.8 Å². The summed E-state index contributed by atoms with van der Waals surface area (Å²) in [6.45, 7) is 2.00. The second kappa shape index (κ2) is 12.0. The van der Waals surface area contributed by atoms with Crippen molar-refractivity contribution < 1.29 is 18.1 Å². The Morgan fingerprint density at radius 1 is 0.686 bits per heavy atom. The van der Waals surface area contributed by atoms with Crippen molar-refractivity contribution in [2.45, 2.75) is 19.8 Å². The topological polar surface area (TPSA) is 61.6 Å². The van der Waals surface area contributed by atoms with E-state index in [2.05, 4.69) is 10.8 Å². The summed E-state index contributed by atoms with van der Waals surface area (Å²) in [5.74, 6) is 2.62. The van der Waals surface area contributed by atoms with Gasteiger partial charge in [0.25, 0.3) is 0 Å². The maximum Gasteiger partial charge on any atom is 0.448 e. The molecular formula is C27H30N2O4P2. The Morgan fingerprint density at radius 3 is 1.63 bits per heavy atom. The summed E-state index contributed by atoms with van der Waals surface area (Å²) in [4.78, 5) is 0. The number of allylic oxidation sites excluding steroid dienone is 3. The van der Waals surface area contributed by atoms with Crippen LogP contribution in [0.4, 0.5) is 0 Å². The normalized spacial score (nSPS) is 14.7. The molecule has 0 spiro atoms. The molecular weight excluding hydrogens is 478 g/mol. The highest BCUT2D eigenvalue weighted by atomic mass is 31.2. The highest BCUT2D eigenvalue weighted by Crippen LogP contribution is 2.65. The van der Waals surface area contributed by atoms with Gasteiger partial charge >= 0.3 is 15.2 Å². The molecule has 0 bridgehead atoms. The molecule has 0 saturated carbocycles. The lowest BCUT2D eigenvalue weighted by molar-refractivity contribution is 0.399. The quantitative estimate of drug-likeness (QED) is 0.256. The fourth-order valence-corrected chi connectivity index (χ4v) is 8.29. The second-order valence-corrected chi connectivity index (χ2v) is 12.4. The van der Waals surface area contributed by atoms with E-state index >= 15 is 0 Å². The van der Waals surface area contributed by atoms with Gasteiger partial charge in [0, 0.05) is 7.05 Å². The first-order valence-corrected chi connectivity index (χ1v) is 14.9. The Balaban J connectivity index is 1.86. The summed E-state index contributed by atoms with van der Waals surface area (Å²) in [5.41, 5.74) is 0. The molecule has 0 saturated heterocycles. The summed E-state index contributed by atoms with van der Waals surface area (Å²) in [7, 11) is -4.56. The molecule has 0 fully saturated rings. The van der Waals surface area contributed by atoms with Crippen molar-refractivity contribution in [1.29, 1.82) is 0 Å². The van der Waals surface area contributed by atoms with Crippen LogP contribution in [0.15, 0.2) is 124 Å². The van der Waals surface area contributed by atoms with Crippen molar-refractivity contribution in [3.8, 4) is 17.2 Å². The minimum atomic E-state index is -3.25. The maximum atomic E-state index is 6.53. The average molecular weight is 508 g/mol. The lowest BCUT2D eigenvalue weighted by atomic mass is 10.2. The van der Waals surface area contributed by atoms with Gasteiger partial charge in [-0.25, -0.2) is 4.74 Å². The van der Waals surface area contributed by atoms with Gasteiger partial charge in [0.2, 0.25) is 0 Å². The van der Waals surface area contributed by atoms with Crippen LogP contribution in [0.2, 0.25) is 0 Å². The van der Waals surface area contributed by atoms with Crippen molar-refractivity contribution in [3.05, 3.63) is 115 Å². The van der Waals surface area contributed by atoms with Gasteiger partial charge in [0.1, 0.15) is 23.0 Å². The Labute approximate surface area is 207 Å². The Morgan fingerprint density at radius 2 is 1.20 bits per heavy atom. The molecule has 35 heavy (non-hydrogen) atoms. The van der Waals surface area contributed by atoms with E-state index in [1.807, 2.05) is 110 Å². The molecule has 4 rings (SSSR count). The fourth-order valence-electron chi connectivity index (χ4n) is 3.30. The van der Waals surface area contributed by atoms with Crippen LogP contribution in [0.5, 0.6) is 17.2 Å². The Bertz CT molecular complexity index is 1210. The number of benzene rings is 3. The molecule has 8 heteroatoms. The average Bonchev–Trinajstić information content (AvgIpc) is 2.91. The molecule has 0 N–H and O–H groups in total. The number of hydrogen-bond donors (Lipinski definition) is 0. The van der Waals surface area contributed by atoms with Crippen molar-refractivity contribution >= 4 is 15.2 Å². The first-order chi connectivity index (χ1) is 17.1. The van der Waals surface area contributed by atoms with Crippen LogP contribution < -0.4 is 13.6 Å². The van der Waals surface area contributed by atoms with Crippen LogP contribution >= 0.6 is 15.2 Å². The minimum Gasteiger partial charge on any atom is -0.430 e. The lowest BCUT2D eigenvalue weighted by Gasteiger charge is -2.29. The summed E-state index contributed by atoms with van der Waals surface area (Å²) in [6.07, 6.45) is 8.39. The van der Waals surface area contributed by atoms with Crippen molar-refractivity contribution in [2.24, 2.45) is 9.26 Å². The zero-order valence-electron chi connectivity index (χ0n) is 19.9. The molecule has 1 aliphatic carbocycles. The first kappa shape index (κ1) is 24.9. The van der Waals surface area contributed by atoms with Crippen LogP contribution in [0.25, 0.3) is 0 Å². The minimum absolute atomic E-state index is 0.491. The number of rotatable bonds is 10. The smallest absolute Gasteiger partial charge is 0.430 e. The molecule has 0 heterocycles. The maximum absolute atomic E-state index is 6.53. The summed E-state index contributed by atoms with van der Waals surface area (Å²) in [5, 5.41) is 0. The third-order valence-corrected chi connectivity index (χ3v) is 10.2. The summed E-state index contributed by atoms with van der Waals surface area (Å²) in [6, 6.07) is 28.6. The van der Waals surface area contributed by atoms with Gasteiger partial charge in [0.15, 0.2) is 0 Å².